The molecule has 0 saturated heterocycles. The van der Waals surface area contributed by atoms with Gasteiger partial charge in [-0.1, -0.05) is 57.6 Å². The van der Waals surface area contributed by atoms with Gasteiger partial charge in [-0.3, -0.25) is 4.79 Å². The molecule has 0 heterocycles. The molecule has 2 N–H and O–H groups in total. The predicted octanol–water partition coefficient (Wildman–Crippen LogP) is 3.58. The van der Waals surface area contributed by atoms with Crippen molar-refractivity contribution in [2.75, 3.05) is 13.2 Å². The van der Waals surface area contributed by atoms with E-state index < -0.39 is 0 Å². The summed E-state index contributed by atoms with van der Waals surface area (Å²) >= 11 is 0. The zero-order valence-electron chi connectivity index (χ0n) is 11.7. The Morgan fingerprint density at radius 1 is 0.944 bits per heavy atom. The highest BCUT2D eigenvalue weighted by atomic mass is 16.5. The Morgan fingerprint density at radius 3 is 1.94 bits per heavy atom. The maximum absolute atomic E-state index is 11.2. The number of carbonyl (C=O) groups excluding carboxylic acids is 1. The van der Waals surface area contributed by atoms with Crippen LogP contribution < -0.4 is 5.73 Å². The molecule has 0 aliphatic rings. The zero-order chi connectivity index (χ0) is 13.5. The average Bonchev–Trinajstić information content (AvgIpc) is 2.38. The van der Waals surface area contributed by atoms with Gasteiger partial charge in [-0.05, 0) is 19.4 Å². The molecule has 18 heavy (non-hydrogen) atoms. The molecule has 0 atom stereocenters. The molecule has 0 aliphatic heterocycles. The van der Waals surface area contributed by atoms with Crippen LogP contribution in [-0.4, -0.2) is 19.1 Å². The molecular formula is C15H29NO2. The van der Waals surface area contributed by atoms with E-state index >= 15 is 0 Å². The predicted molar refractivity (Wildman–Crippen MR) is 76.4 cm³/mol. The first-order valence-corrected chi connectivity index (χ1v) is 7.28. The Bertz CT molecular complexity index is 205. The van der Waals surface area contributed by atoms with E-state index in [2.05, 4.69) is 6.58 Å². The van der Waals surface area contributed by atoms with Crippen molar-refractivity contribution >= 4 is 5.97 Å². The van der Waals surface area contributed by atoms with Crippen LogP contribution in [0.1, 0.15) is 64.2 Å². The molecule has 0 aliphatic carbocycles. The number of ether oxygens (including phenoxy) is 1. The van der Waals surface area contributed by atoms with Gasteiger partial charge in [0.25, 0.3) is 0 Å². The molecule has 0 bridgehead atoms. The molecule has 0 unspecified atom stereocenters. The molecule has 0 amide bonds. The summed E-state index contributed by atoms with van der Waals surface area (Å²) in [5, 5.41) is 0. The number of hydrogen-bond acceptors (Lipinski definition) is 3. The van der Waals surface area contributed by atoms with Gasteiger partial charge < -0.3 is 10.5 Å². The van der Waals surface area contributed by atoms with Gasteiger partial charge in [0.1, 0.15) is 6.61 Å². The Hall–Kier alpha value is -0.830. The van der Waals surface area contributed by atoms with Crippen molar-refractivity contribution in [3.8, 4) is 0 Å². The Labute approximate surface area is 112 Å². The largest absolute Gasteiger partial charge is 0.461 e. The lowest BCUT2D eigenvalue weighted by molar-refractivity contribution is -0.142. The average molecular weight is 255 g/mol. The highest BCUT2D eigenvalue weighted by molar-refractivity contribution is 5.69. The third kappa shape index (κ3) is 13.2. The molecule has 0 aromatic heterocycles. The van der Waals surface area contributed by atoms with Gasteiger partial charge in [-0.2, -0.15) is 0 Å². The molecule has 0 aromatic rings. The topological polar surface area (TPSA) is 52.3 Å². The van der Waals surface area contributed by atoms with Crippen LogP contribution in [0.15, 0.2) is 12.7 Å². The number of nitrogens with two attached hydrogens (primary N) is 1. The molecule has 0 rings (SSSR count). The summed E-state index contributed by atoms with van der Waals surface area (Å²) in [5.74, 6) is -0.100. The molecule has 0 aromatic carbocycles. The van der Waals surface area contributed by atoms with Crippen molar-refractivity contribution in [2.45, 2.75) is 64.2 Å². The smallest absolute Gasteiger partial charge is 0.306 e. The van der Waals surface area contributed by atoms with Gasteiger partial charge in [-0.25, -0.2) is 0 Å². The number of unbranched alkanes of at least 4 members (excludes halogenated alkanes) is 8. The third-order valence-electron chi connectivity index (χ3n) is 2.95. The van der Waals surface area contributed by atoms with Gasteiger partial charge >= 0.3 is 5.97 Å². The summed E-state index contributed by atoms with van der Waals surface area (Å²) in [5.41, 5.74) is 5.44. The van der Waals surface area contributed by atoms with Gasteiger partial charge in [0, 0.05) is 6.42 Å². The molecular weight excluding hydrogens is 226 g/mol. The first-order valence-electron chi connectivity index (χ1n) is 7.28. The van der Waals surface area contributed by atoms with E-state index in [0.29, 0.717) is 13.0 Å². The number of carbonyl (C=O) groups is 1. The first-order chi connectivity index (χ1) is 8.81. The zero-order valence-corrected chi connectivity index (χ0v) is 11.7. The molecule has 0 spiro atoms. The van der Waals surface area contributed by atoms with E-state index in [1.54, 1.807) is 6.08 Å². The summed E-state index contributed by atoms with van der Waals surface area (Å²) in [4.78, 5) is 11.2. The summed E-state index contributed by atoms with van der Waals surface area (Å²) in [6.07, 6.45) is 13.1. The maximum atomic E-state index is 11.2. The highest BCUT2D eigenvalue weighted by Gasteiger charge is 2.00. The fourth-order valence-corrected chi connectivity index (χ4v) is 1.88. The quantitative estimate of drug-likeness (QED) is 0.311. The summed E-state index contributed by atoms with van der Waals surface area (Å²) in [7, 11) is 0. The second kappa shape index (κ2) is 14.2. The van der Waals surface area contributed by atoms with E-state index in [0.717, 1.165) is 25.8 Å². The van der Waals surface area contributed by atoms with Crippen molar-refractivity contribution < 1.29 is 9.53 Å². The van der Waals surface area contributed by atoms with E-state index in [4.69, 9.17) is 10.5 Å². The van der Waals surface area contributed by atoms with Gasteiger partial charge in [0.2, 0.25) is 0 Å². The third-order valence-corrected chi connectivity index (χ3v) is 2.95. The standard InChI is InChI=1S/C15H29NO2/c1-2-14-18-15(17)12-10-8-6-4-3-5-7-9-11-13-16/h2H,1,3-14,16H2. The number of rotatable bonds is 13. The van der Waals surface area contributed by atoms with Crippen LogP contribution in [-0.2, 0) is 9.53 Å². The second-order valence-corrected chi connectivity index (χ2v) is 4.69. The van der Waals surface area contributed by atoms with Crippen molar-refractivity contribution in [1.29, 1.82) is 0 Å². The molecule has 0 fully saturated rings. The van der Waals surface area contributed by atoms with E-state index in [1.807, 2.05) is 0 Å². The molecule has 3 heteroatoms. The van der Waals surface area contributed by atoms with Gasteiger partial charge in [0.05, 0.1) is 0 Å². The summed E-state index contributed by atoms with van der Waals surface area (Å²) in [6, 6.07) is 0. The lowest BCUT2D eigenvalue weighted by atomic mass is 10.1. The maximum Gasteiger partial charge on any atom is 0.306 e. The van der Waals surface area contributed by atoms with E-state index in [9.17, 15) is 4.79 Å². The van der Waals surface area contributed by atoms with Crippen LogP contribution in [0.3, 0.4) is 0 Å². The Morgan fingerprint density at radius 2 is 1.44 bits per heavy atom. The summed E-state index contributed by atoms with van der Waals surface area (Å²) < 4.78 is 4.91. The minimum atomic E-state index is -0.100. The van der Waals surface area contributed by atoms with Gasteiger partial charge in [0.15, 0.2) is 0 Å². The molecule has 0 radical (unpaired) electrons. The van der Waals surface area contributed by atoms with Crippen molar-refractivity contribution in [2.24, 2.45) is 5.73 Å². The highest BCUT2D eigenvalue weighted by Crippen LogP contribution is 2.10. The van der Waals surface area contributed by atoms with Crippen molar-refractivity contribution in [3.05, 3.63) is 12.7 Å². The van der Waals surface area contributed by atoms with Crippen LogP contribution in [0.2, 0.25) is 0 Å². The lowest BCUT2D eigenvalue weighted by Crippen LogP contribution is -2.03. The molecule has 3 nitrogen and oxygen atoms in total. The fraction of sp³-hybridized carbons (Fsp3) is 0.800. The van der Waals surface area contributed by atoms with Crippen LogP contribution in [0, 0.1) is 0 Å². The van der Waals surface area contributed by atoms with Crippen molar-refractivity contribution in [3.63, 3.8) is 0 Å². The van der Waals surface area contributed by atoms with Crippen LogP contribution in [0.5, 0.6) is 0 Å². The Kier molecular flexibility index (Phi) is 13.6. The van der Waals surface area contributed by atoms with E-state index in [-0.39, 0.29) is 5.97 Å². The minimum absolute atomic E-state index is 0.100. The van der Waals surface area contributed by atoms with Crippen LogP contribution in [0.25, 0.3) is 0 Å². The molecule has 106 valence electrons. The SMILES string of the molecule is C=CCOC(=O)CCCCCCCCCCCN. The fourth-order valence-electron chi connectivity index (χ4n) is 1.88. The normalized spacial score (nSPS) is 10.3. The monoisotopic (exact) mass is 255 g/mol. The van der Waals surface area contributed by atoms with Crippen LogP contribution >= 0.6 is 0 Å². The van der Waals surface area contributed by atoms with E-state index in [1.165, 1.54) is 38.5 Å². The van der Waals surface area contributed by atoms with Crippen molar-refractivity contribution in [1.82, 2.24) is 0 Å². The minimum Gasteiger partial charge on any atom is -0.461 e. The Balaban J connectivity index is 3.06. The lowest BCUT2D eigenvalue weighted by Gasteiger charge is -2.03. The van der Waals surface area contributed by atoms with Crippen LogP contribution in [0.4, 0.5) is 0 Å². The molecule has 0 saturated carbocycles. The summed E-state index contributed by atoms with van der Waals surface area (Å²) in [6.45, 7) is 4.66. The number of esters is 1. The number of hydrogen-bond donors (Lipinski definition) is 1. The van der Waals surface area contributed by atoms with Gasteiger partial charge in [-0.15, -0.1) is 0 Å². The first kappa shape index (κ1) is 17.2. The second-order valence-electron chi connectivity index (χ2n) is 4.69.